The number of nitrogens with one attached hydrogen (secondary N) is 2. The number of hydrogen-bond acceptors (Lipinski definition) is 3. The molecule has 4 nitrogen and oxygen atoms in total. The Morgan fingerprint density at radius 3 is 2.21 bits per heavy atom. The molecule has 0 spiro atoms. The van der Waals surface area contributed by atoms with Gasteiger partial charge in [0.15, 0.2) is 0 Å². The Balaban J connectivity index is 3.63. The largest absolute Gasteiger partial charge is 0.389 e. The van der Waals surface area contributed by atoms with E-state index in [1.165, 1.54) is 0 Å². The third-order valence-electron chi connectivity index (χ3n) is 2.35. The topological polar surface area (TPSA) is 58.2 Å². The van der Waals surface area contributed by atoms with Crippen LogP contribution in [0.1, 0.15) is 39.5 Å². The first kappa shape index (κ1) is 18.7. The van der Waals surface area contributed by atoms with E-state index in [9.17, 15) is 21.6 Å². The molecule has 8 heteroatoms. The zero-order chi connectivity index (χ0) is 14.9. The van der Waals surface area contributed by atoms with E-state index in [2.05, 4.69) is 10.0 Å². The van der Waals surface area contributed by atoms with E-state index in [4.69, 9.17) is 0 Å². The highest BCUT2D eigenvalue weighted by atomic mass is 32.2. The average molecular weight is 304 g/mol. The molecule has 2 N–H and O–H groups in total. The third kappa shape index (κ3) is 13.9. The van der Waals surface area contributed by atoms with Crippen molar-refractivity contribution in [2.75, 3.05) is 18.8 Å². The van der Waals surface area contributed by atoms with Crippen LogP contribution in [-0.2, 0) is 10.0 Å². The summed E-state index contributed by atoms with van der Waals surface area (Å²) in [5.41, 5.74) is 0. The predicted octanol–water partition coefficient (Wildman–Crippen LogP) is 2.03. The first-order valence-corrected chi connectivity index (χ1v) is 8.05. The molecule has 0 saturated carbocycles. The summed E-state index contributed by atoms with van der Waals surface area (Å²) in [7, 11) is -3.37. The highest BCUT2D eigenvalue weighted by Crippen LogP contribution is 2.21. The van der Waals surface area contributed by atoms with E-state index in [0.717, 1.165) is 0 Å². The van der Waals surface area contributed by atoms with Gasteiger partial charge in [0, 0.05) is 19.0 Å². The second-order valence-electron chi connectivity index (χ2n) is 4.75. The molecular formula is C11H23F3N2O2S. The van der Waals surface area contributed by atoms with Crippen molar-refractivity contribution < 1.29 is 21.6 Å². The van der Waals surface area contributed by atoms with E-state index in [-0.39, 0.29) is 25.1 Å². The number of unbranched alkanes of at least 4 members (excludes halogenated alkanes) is 1. The van der Waals surface area contributed by atoms with Crippen molar-refractivity contribution in [3.8, 4) is 0 Å². The lowest BCUT2D eigenvalue weighted by Crippen LogP contribution is -2.30. The lowest BCUT2D eigenvalue weighted by molar-refractivity contribution is -0.135. The van der Waals surface area contributed by atoms with Crippen molar-refractivity contribution in [2.45, 2.75) is 51.7 Å². The Labute approximate surface area is 113 Å². The van der Waals surface area contributed by atoms with Gasteiger partial charge in [-0.15, -0.1) is 0 Å². The summed E-state index contributed by atoms with van der Waals surface area (Å²) in [6.45, 7) is 4.60. The summed E-state index contributed by atoms with van der Waals surface area (Å²) in [6, 6.07) is 0.304. The van der Waals surface area contributed by atoms with Crippen LogP contribution in [0.15, 0.2) is 0 Å². The summed E-state index contributed by atoms with van der Waals surface area (Å²) < 4.78 is 60.8. The molecule has 0 bridgehead atoms. The normalized spacial score (nSPS) is 13.2. The molecule has 0 heterocycles. The summed E-state index contributed by atoms with van der Waals surface area (Å²) in [5, 5.41) is 3.09. The van der Waals surface area contributed by atoms with E-state index in [1.807, 2.05) is 13.8 Å². The summed E-state index contributed by atoms with van der Waals surface area (Å²) in [6.07, 6.45) is -4.41. The van der Waals surface area contributed by atoms with Gasteiger partial charge in [-0.2, -0.15) is 13.2 Å². The molecule has 0 atom stereocenters. The van der Waals surface area contributed by atoms with Crippen LogP contribution in [0.4, 0.5) is 13.2 Å². The van der Waals surface area contributed by atoms with Crippen LogP contribution >= 0.6 is 0 Å². The summed E-state index contributed by atoms with van der Waals surface area (Å²) >= 11 is 0. The third-order valence-corrected chi connectivity index (χ3v) is 3.82. The van der Waals surface area contributed by atoms with Crippen molar-refractivity contribution in [1.82, 2.24) is 10.0 Å². The van der Waals surface area contributed by atoms with Crippen LogP contribution < -0.4 is 10.0 Å². The quantitative estimate of drug-likeness (QED) is 0.607. The summed E-state index contributed by atoms with van der Waals surface area (Å²) in [4.78, 5) is 0. The minimum atomic E-state index is -4.17. The zero-order valence-corrected chi connectivity index (χ0v) is 12.2. The van der Waals surface area contributed by atoms with Crippen LogP contribution in [0, 0.1) is 0 Å². The Kier molecular flexibility index (Phi) is 8.60. The van der Waals surface area contributed by atoms with E-state index in [1.54, 1.807) is 0 Å². The fraction of sp³-hybridized carbons (Fsp3) is 1.00. The van der Waals surface area contributed by atoms with Gasteiger partial charge < -0.3 is 5.32 Å². The molecule has 0 aromatic carbocycles. The van der Waals surface area contributed by atoms with Crippen LogP contribution in [0.2, 0.25) is 0 Å². The van der Waals surface area contributed by atoms with Gasteiger partial charge in [0.2, 0.25) is 10.0 Å². The van der Waals surface area contributed by atoms with Crippen molar-refractivity contribution >= 4 is 10.0 Å². The lowest BCUT2D eigenvalue weighted by Gasteiger charge is -2.09. The molecule has 0 aliphatic rings. The predicted molar refractivity (Wildman–Crippen MR) is 69.5 cm³/mol. The van der Waals surface area contributed by atoms with Gasteiger partial charge in [-0.25, -0.2) is 13.1 Å². The maximum absolute atomic E-state index is 11.8. The number of sulfonamides is 1. The Morgan fingerprint density at radius 1 is 1.05 bits per heavy atom. The second-order valence-corrected chi connectivity index (χ2v) is 6.67. The monoisotopic (exact) mass is 304 g/mol. The van der Waals surface area contributed by atoms with Crippen LogP contribution in [0.25, 0.3) is 0 Å². The molecule has 0 rings (SSSR count). The van der Waals surface area contributed by atoms with Crippen molar-refractivity contribution in [3.05, 3.63) is 0 Å². The molecule has 0 radical (unpaired) electrons. The van der Waals surface area contributed by atoms with Gasteiger partial charge in [0.25, 0.3) is 0 Å². The van der Waals surface area contributed by atoms with Crippen LogP contribution in [0.3, 0.4) is 0 Å². The SMILES string of the molecule is CC(C)NCCCS(=O)(=O)NCCCCC(F)(F)F. The molecular weight excluding hydrogens is 281 g/mol. The van der Waals surface area contributed by atoms with Crippen molar-refractivity contribution in [1.29, 1.82) is 0 Å². The van der Waals surface area contributed by atoms with Gasteiger partial charge in [-0.05, 0) is 25.8 Å². The molecule has 0 amide bonds. The zero-order valence-electron chi connectivity index (χ0n) is 11.4. The molecule has 0 saturated heterocycles. The van der Waals surface area contributed by atoms with Crippen molar-refractivity contribution in [3.63, 3.8) is 0 Å². The van der Waals surface area contributed by atoms with Gasteiger partial charge in [-0.1, -0.05) is 13.8 Å². The fourth-order valence-corrected chi connectivity index (χ4v) is 2.53. The molecule has 0 aliphatic heterocycles. The van der Waals surface area contributed by atoms with Gasteiger partial charge in [0.1, 0.15) is 0 Å². The second kappa shape index (κ2) is 8.76. The highest BCUT2D eigenvalue weighted by Gasteiger charge is 2.25. The molecule has 0 aromatic rings. The standard InChI is InChI=1S/C11H23F3N2O2S/c1-10(2)15-7-5-9-19(17,18)16-8-4-3-6-11(12,13)14/h10,15-16H,3-9H2,1-2H3. The fourth-order valence-electron chi connectivity index (χ4n) is 1.40. The Morgan fingerprint density at radius 2 is 1.68 bits per heavy atom. The maximum atomic E-state index is 11.8. The average Bonchev–Trinajstić information content (AvgIpc) is 2.22. The van der Waals surface area contributed by atoms with Gasteiger partial charge in [-0.3, -0.25) is 0 Å². The Hall–Kier alpha value is -0.340. The number of halogens is 3. The minimum absolute atomic E-state index is 0.00795. The van der Waals surface area contributed by atoms with Crippen LogP contribution in [0.5, 0.6) is 0 Å². The van der Waals surface area contributed by atoms with E-state index in [0.29, 0.717) is 19.0 Å². The molecule has 0 unspecified atom stereocenters. The van der Waals surface area contributed by atoms with Crippen LogP contribution in [-0.4, -0.2) is 39.5 Å². The maximum Gasteiger partial charge on any atom is 0.389 e. The number of rotatable bonds is 10. The Bertz CT molecular complexity index is 329. The number of hydrogen-bond donors (Lipinski definition) is 2. The van der Waals surface area contributed by atoms with Gasteiger partial charge in [0.05, 0.1) is 5.75 Å². The van der Waals surface area contributed by atoms with E-state index < -0.39 is 22.6 Å². The molecule has 0 fully saturated rings. The molecule has 116 valence electrons. The number of alkyl halides is 3. The smallest absolute Gasteiger partial charge is 0.314 e. The summed E-state index contributed by atoms with van der Waals surface area (Å²) in [5.74, 6) is -0.00795. The molecule has 19 heavy (non-hydrogen) atoms. The van der Waals surface area contributed by atoms with Crippen molar-refractivity contribution in [2.24, 2.45) is 0 Å². The highest BCUT2D eigenvalue weighted by molar-refractivity contribution is 7.89. The van der Waals surface area contributed by atoms with E-state index >= 15 is 0 Å². The molecule has 0 aliphatic carbocycles. The minimum Gasteiger partial charge on any atom is -0.314 e. The first-order chi connectivity index (χ1) is 8.62. The molecule has 0 aromatic heterocycles. The van der Waals surface area contributed by atoms with Gasteiger partial charge >= 0.3 is 6.18 Å². The lowest BCUT2D eigenvalue weighted by atomic mass is 10.2. The first-order valence-electron chi connectivity index (χ1n) is 6.40.